The highest BCUT2D eigenvalue weighted by molar-refractivity contribution is 7.28. The molecule has 0 aliphatic rings. The topological polar surface area (TPSA) is 9.86 Å². The Kier molecular flexibility index (Phi) is 5.06. The molecule has 4 aromatic heterocycles. The lowest BCUT2D eigenvalue weighted by Crippen LogP contribution is -1.95. The van der Waals surface area contributed by atoms with E-state index in [1.165, 1.54) is 84.9 Å². The van der Waals surface area contributed by atoms with Crippen LogP contribution in [0.2, 0.25) is 0 Å². The van der Waals surface area contributed by atoms with Crippen LogP contribution in [-0.4, -0.2) is 9.13 Å². The largest absolute Gasteiger partial charge is 0.309 e. The van der Waals surface area contributed by atoms with Gasteiger partial charge < -0.3 is 4.57 Å². The summed E-state index contributed by atoms with van der Waals surface area (Å²) in [5, 5.41) is 7.99. The van der Waals surface area contributed by atoms with Gasteiger partial charge in [-0.3, -0.25) is 4.57 Å². The zero-order valence-electron chi connectivity index (χ0n) is 23.6. The molecule has 0 radical (unpaired) electrons. The van der Waals surface area contributed by atoms with Gasteiger partial charge in [-0.15, -0.1) is 22.7 Å². The van der Waals surface area contributed by atoms with E-state index in [0.717, 1.165) is 0 Å². The van der Waals surface area contributed by atoms with E-state index in [0.29, 0.717) is 0 Å². The second-order valence-corrected chi connectivity index (χ2v) is 13.4. The summed E-state index contributed by atoms with van der Waals surface area (Å²) < 4.78 is 7.56. The van der Waals surface area contributed by atoms with Gasteiger partial charge in [0.25, 0.3) is 0 Å². The van der Waals surface area contributed by atoms with Gasteiger partial charge in [-0.2, -0.15) is 0 Å². The molecule has 0 spiro atoms. The number of nitrogens with zero attached hydrogens (tertiary/aromatic N) is 2. The van der Waals surface area contributed by atoms with Gasteiger partial charge in [0.15, 0.2) is 0 Å². The van der Waals surface area contributed by atoms with Gasteiger partial charge in [-0.1, -0.05) is 97.1 Å². The Balaban J connectivity index is 1.20. The monoisotopic (exact) mass is 596 g/mol. The maximum atomic E-state index is 2.50. The van der Waals surface area contributed by atoms with E-state index in [1.807, 2.05) is 22.7 Å². The first-order chi connectivity index (χ1) is 21.8. The first-order valence-corrected chi connectivity index (χ1v) is 16.5. The smallest absolute Gasteiger partial charge is 0.110 e. The highest BCUT2D eigenvalue weighted by Crippen LogP contribution is 2.48. The van der Waals surface area contributed by atoms with E-state index in [2.05, 4.69) is 155 Å². The molecule has 0 N–H and O–H groups in total. The molecular formula is C40H24N2S2. The highest BCUT2D eigenvalue weighted by Gasteiger charge is 2.22. The zero-order chi connectivity index (χ0) is 28.8. The van der Waals surface area contributed by atoms with E-state index in [1.54, 1.807) is 0 Å². The van der Waals surface area contributed by atoms with Gasteiger partial charge in [0.2, 0.25) is 0 Å². The van der Waals surface area contributed by atoms with E-state index < -0.39 is 0 Å². The van der Waals surface area contributed by atoms with Gasteiger partial charge >= 0.3 is 0 Å². The van der Waals surface area contributed by atoms with Crippen molar-refractivity contribution in [3.8, 4) is 22.5 Å². The molecule has 6 aromatic carbocycles. The summed E-state index contributed by atoms with van der Waals surface area (Å²) in [5.41, 5.74) is 7.24. The molecule has 4 heteroatoms. The molecule has 2 nitrogen and oxygen atoms in total. The molecule has 0 saturated heterocycles. The minimum absolute atomic E-state index is 1.17. The summed E-state index contributed by atoms with van der Waals surface area (Å²) in [6.07, 6.45) is 0. The second kappa shape index (κ2) is 9.17. The third-order valence-corrected chi connectivity index (χ3v) is 11.2. The molecule has 0 unspecified atom stereocenters. The van der Waals surface area contributed by atoms with Gasteiger partial charge in [0, 0.05) is 53.1 Å². The Bertz CT molecular complexity index is 2590. The Morgan fingerprint density at radius 1 is 0.364 bits per heavy atom. The number of hydrogen-bond donors (Lipinski definition) is 0. The third-order valence-electron chi connectivity index (χ3n) is 8.93. The molecule has 0 amide bonds. The molecular weight excluding hydrogens is 573 g/mol. The lowest BCUT2D eigenvalue weighted by molar-refractivity contribution is 1.18. The highest BCUT2D eigenvalue weighted by atomic mass is 32.1. The fourth-order valence-electron chi connectivity index (χ4n) is 7.04. The van der Waals surface area contributed by atoms with Crippen LogP contribution in [0.25, 0.3) is 84.9 Å². The first kappa shape index (κ1) is 24.3. The molecule has 0 fully saturated rings. The summed E-state index contributed by atoms with van der Waals surface area (Å²) in [6.45, 7) is 0. The van der Waals surface area contributed by atoms with Gasteiger partial charge in [-0.25, -0.2) is 0 Å². The molecule has 0 aliphatic heterocycles. The quantitative estimate of drug-likeness (QED) is 0.192. The molecule has 10 aromatic rings. The maximum absolute atomic E-state index is 2.50. The van der Waals surface area contributed by atoms with Crippen molar-refractivity contribution in [1.29, 1.82) is 0 Å². The molecule has 206 valence electrons. The SMILES string of the molecule is c1cc(-c2cccc(-n3c4sc5ccccc5c4c4c5ccccc5sc43)c2)cc(-n2c3ccccc3c3ccccc32)c1. The average molecular weight is 597 g/mol. The van der Waals surface area contributed by atoms with Crippen LogP contribution >= 0.6 is 22.7 Å². The zero-order valence-corrected chi connectivity index (χ0v) is 25.2. The van der Waals surface area contributed by atoms with Gasteiger partial charge in [0.1, 0.15) is 9.66 Å². The van der Waals surface area contributed by atoms with Crippen LogP contribution in [0.15, 0.2) is 146 Å². The van der Waals surface area contributed by atoms with Crippen LogP contribution in [0.1, 0.15) is 0 Å². The first-order valence-electron chi connectivity index (χ1n) is 14.9. The standard InChI is InChI=1S/C40H24N2S2/c1-5-19-33-29(15-1)30-16-2-6-20-34(30)41(33)27-13-9-11-25(23-27)26-12-10-14-28(24-26)42-39-37(31-17-3-7-21-35(31)43-39)38-32-18-4-8-22-36(32)44-40(38)42/h1-24H. The molecule has 10 rings (SSSR count). The number of fused-ring (bicyclic) bond motifs is 10. The van der Waals surface area contributed by atoms with Crippen molar-refractivity contribution < 1.29 is 0 Å². The van der Waals surface area contributed by atoms with Gasteiger partial charge in [-0.05, 0) is 59.7 Å². The van der Waals surface area contributed by atoms with Crippen LogP contribution < -0.4 is 0 Å². The second-order valence-electron chi connectivity index (χ2n) is 11.4. The lowest BCUT2D eigenvalue weighted by atomic mass is 10.0. The minimum atomic E-state index is 1.17. The van der Waals surface area contributed by atoms with Gasteiger partial charge in [0.05, 0.1) is 11.0 Å². The summed E-state index contributed by atoms with van der Waals surface area (Å²) in [7, 11) is 0. The number of aromatic nitrogens is 2. The summed E-state index contributed by atoms with van der Waals surface area (Å²) in [5.74, 6) is 0. The summed E-state index contributed by atoms with van der Waals surface area (Å²) in [6, 6.07) is 53.1. The van der Waals surface area contributed by atoms with Crippen LogP contribution in [-0.2, 0) is 0 Å². The Morgan fingerprint density at radius 3 is 1.32 bits per heavy atom. The molecule has 44 heavy (non-hydrogen) atoms. The Labute approximate surface area is 261 Å². The van der Waals surface area contributed by atoms with Crippen molar-refractivity contribution in [1.82, 2.24) is 9.13 Å². The number of para-hydroxylation sites is 2. The van der Waals surface area contributed by atoms with E-state index in [4.69, 9.17) is 0 Å². The Morgan fingerprint density at radius 2 is 0.795 bits per heavy atom. The summed E-state index contributed by atoms with van der Waals surface area (Å²) >= 11 is 3.79. The van der Waals surface area contributed by atoms with E-state index in [-0.39, 0.29) is 0 Å². The van der Waals surface area contributed by atoms with Crippen LogP contribution in [0.5, 0.6) is 0 Å². The molecule has 4 heterocycles. The van der Waals surface area contributed by atoms with Crippen molar-refractivity contribution in [2.75, 3.05) is 0 Å². The number of hydrogen-bond acceptors (Lipinski definition) is 2. The fourth-order valence-corrected chi connectivity index (χ4v) is 9.57. The van der Waals surface area contributed by atoms with Crippen molar-refractivity contribution >= 4 is 85.1 Å². The predicted molar refractivity (Wildman–Crippen MR) is 191 cm³/mol. The molecule has 0 saturated carbocycles. The maximum Gasteiger partial charge on any atom is 0.110 e. The number of rotatable bonds is 3. The van der Waals surface area contributed by atoms with Crippen molar-refractivity contribution in [2.24, 2.45) is 0 Å². The minimum Gasteiger partial charge on any atom is -0.309 e. The van der Waals surface area contributed by atoms with Crippen LogP contribution in [0, 0.1) is 0 Å². The van der Waals surface area contributed by atoms with E-state index in [9.17, 15) is 0 Å². The molecule has 0 atom stereocenters. The summed E-state index contributed by atoms with van der Waals surface area (Å²) in [4.78, 5) is 2.63. The van der Waals surface area contributed by atoms with Crippen molar-refractivity contribution in [3.05, 3.63) is 146 Å². The predicted octanol–water partition coefficient (Wildman–Crippen LogP) is 12.0. The van der Waals surface area contributed by atoms with Crippen molar-refractivity contribution in [2.45, 2.75) is 0 Å². The molecule has 0 aliphatic carbocycles. The van der Waals surface area contributed by atoms with E-state index >= 15 is 0 Å². The Hall–Kier alpha value is -5.16. The fraction of sp³-hybridized carbons (Fsp3) is 0. The lowest BCUT2D eigenvalue weighted by Gasteiger charge is -2.12. The van der Waals surface area contributed by atoms with Crippen molar-refractivity contribution in [3.63, 3.8) is 0 Å². The normalized spacial score (nSPS) is 12.1. The third kappa shape index (κ3) is 3.35. The molecule has 0 bridgehead atoms. The number of thiophene rings is 2. The average Bonchev–Trinajstić information content (AvgIpc) is 3.81. The number of benzene rings is 6. The van der Waals surface area contributed by atoms with Crippen LogP contribution in [0.3, 0.4) is 0 Å². The van der Waals surface area contributed by atoms with Crippen LogP contribution in [0.4, 0.5) is 0 Å².